The van der Waals surface area contributed by atoms with Crippen molar-refractivity contribution >= 4 is 15.9 Å². The van der Waals surface area contributed by atoms with Gasteiger partial charge in [0.15, 0.2) is 0 Å². The van der Waals surface area contributed by atoms with Crippen LogP contribution in [0, 0.1) is 0 Å². The van der Waals surface area contributed by atoms with Crippen molar-refractivity contribution in [2.45, 2.75) is 31.2 Å². The highest BCUT2D eigenvalue weighted by atomic mass is 79.9. The fourth-order valence-electron chi connectivity index (χ4n) is 2.11. The lowest BCUT2D eigenvalue weighted by atomic mass is 9.95. The van der Waals surface area contributed by atoms with Crippen molar-refractivity contribution in [3.8, 4) is 0 Å². The van der Waals surface area contributed by atoms with Crippen molar-refractivity contribution < 1.29 is 0 Å². The van der Waals surface area contributed by atoms with Gasteiger partial charge in [-0.25, -0.2) is 0 Å². The Balaban J connectivity index is 2.20. The van der Waals surface area contributed by atoms with Gasteiger partial charge in [-0.15, -0.1) is 0 Å². The molecular formula is C11H14BrN. The standard InChI is InChI=1S/C11H14BrN/c12-9-6-4-8(5-7-9)10-2-1-3-11(10)13/h4-7,10-11H,1-3,13H2/t10-,11-/m1/s1. The van der Waals surface area contributed by atoms with E-state index in [-0.39, 0.29) is 0 Å². The van der Waals surface area contributed by atoms with Gasteiger partial charge < -0.3 is 5.73 Å². The smallest absolute Gasteiger partial charge is 0.0175 e. The molecule has 0 aliphatic heterocycles. The number of benzene rings is 1. The lowest BCUT2D eigenvalue weighted by Gasteiger charge is -2.15. The fraction of sp³-hybridized carbons (Fsp3) is 0.455. The van der Waals surface area contributed by atoms with Gasteiger partial charge in [0.1, 0.15) is 0 Å². The van der Waals surface area contributed by atoms with Crippen molar-refractivity contribution in [2.75, 3.05) is 0 Å². The Bertz CT molecular complexity index is 281. The van der Waals surface area contributed by atoms with E-state index >= 15 is 0 Å². The first-order chi connectivity index (χ1) is 6.27. The zero-order chi connectivity index (χ0) is 9.26. The summed E-state index contributed by atoms with van der Waals surface area (Å²) in [5.41, 5.74) is 7.43. The van der Waals surface area contributed by atoms with Crippen LogP contribution in [-0.2, 0) is 0 Å². The van der Waals surface area contributed by atoms with Crippen LogP contribution in [0.1, 0.15) is 30.7 Å². The largest absolute Gasteiger partial charge is 0.327 e. The summed E-state index contributed by atoms with van der Waals surface area (Å²) in [5, 5.41) is 0. The molecule has 1 aromatic carbocycles. The van der Waals surface area contributed by atoms with Crippen LogP contribution in [0.3, 0.4) is 0 Å². The van der Waals surface area contributed by atoms with E-state index in [1.165, 1.54) is 24.8 Å². The van der Waals surface area contributed by atoms with Gasteiger partial charge >= 0.3 is 0 Å². The Morgan fingerprint density at radius 3 is 2.38 bits per heavy atom. The van der Waals surface area contributed by atoms with E-state index in [2.05, 4.69) is 40.2 Å². The summed E-state index contributed by atoms with van der Waals surface area (Å²) in [6, 6.07) is 8.93. The molecule has 13 heavy (non-hydrogen) atoms. The zero-order valence-corrected chi connectivity index (χ0v) is 9.13. The number of rotatable bonds is 1. The molecule has 1 fully saturated rings. The SMILES string of the molecule is N[C@@H]1CCC[C@@H]1c1ccc(Br)cc1. The highest BCUT2D eigenvalue weighted by Gasteiger charge is 2.24. The van der Waals surface area contributed by atoms with E-state index in [0.29, 0.717) is 12.0 Å². The third kappa shape index (κ3) is 1.94. The second kappa shape index (κ2) is 3.81. The summed E-state index contributed by atoms with van der Waals surface area (Å²) in [7, 11) is 0. The van der Waals surface area contributed by atoms with Gasteiger partial charge in [0.05, 0.1) is 0 Å². The monoisotopic (exact) mass is 239 g/mol. The van der Waals surface area contributed by atoms with Crippen LogP contribution < -0.4 is 5.73 Å². The Hall–Kier alpha value is -0.340. The molecule has 2 N–H and O–H groups in total. The first kappa shape index (κ1) is 9.22. The summed E-state index contributed by atoms with van der Waals surface area (Å²) in [5.74, 6) is 0.591. The zero-order valence-electron chi connectivity index (χ0n) is 7.54. The molecule has 1 aliphatic carbocycles. The Labute approximate surface area is 87.5 Å². The van der Waals surface area contributed by atoms with E-state index in [0.717, 1.165) is 4.47 Å². The van der Waals surface area contributed by atoms with Gasteiger partial charge in [-0.3, -0.25) is 0 Å². The Morgan fingerprint density at radius 1 is 1.15 bits per heavy atom. The van der Waals surface area contributed by atoms with E-state index in [1.54, 1.807) is 0 Å². The number of hydrogen-bond donors (Lipinski definition) is 1. The lowest BCUT2D eigenvalue weighted by Crippen LogP contribution is -2.22. The summed E-state index contributed by atoms with van der Waals surface area (Å²) >= 11 is 3.44. The van der Waals surface area contributed by atoms with E-state index in [9.17, 15) is 0 Å². The predicted molar refractivity (Wildman–Crippen MR) is 58.7 cm³/mol. The second-order valence-electron chi connectivity index (χ2n) is 3.75. The maximum absolute atomic E-state index is 6.04. The third-order valence-electron chi connectivity index (χ3n) is 2.87. The van der Waals surface area contributed by atoms with E-state index in [4.69, 9.17) is 5.73 Å². The minimum atomic E-state index is 0.376. The molecule has 1 aromatic rings. The Kier molecular flexibility index (Phi) is 2.70. The molecule has 2 heteroatoms. The maximum atomic E-state index is 6.04. The molecule has 0 heterocycles. The first-order valence-electron chi connectivity index (χ1n) is 4.78. The average Bonchev–Trinajstić information content (AvgIpc) is 2.53. The highest BCUT2D eigenvalue weighted by molar-refractivity contribution is 9.10. The summed E-state index contributed by atoms with van der Waals surface area (Å²) < 4.78 is 1.14. The van der Waals surface area contributed by atoms with Gasteiger partial charge in [-0.05, 0) is 36.5 Å². The molecule has 2 rings (SSSR count). The average molecular weight is 240 g/mol. The molecular weight excluding hydrogens is 226 g/mol. The number of hydrogen-bond acceptors (Lipinski definition) is 1. The molecule has 0 radical (unpaired) electrons. The van der Waals surface area contributed by atoms with Crippen LogP contribution in [-0.4, -0.2) is 6.04 Å². The highest BCUT2D eigenvalue weighted by Crippen LogP contribution is 2.33. The van der Waals surface area contributed by atoms with Crippen LogP contribution >= 0.6 is 15.9 Å². The molecule has 1 nitrogen and oxygen atoms in total. The summed E-state index contributed by atoms with van der Waals surface area (Å²) in [6.07, 6.45) is 3.71. The summed E-state index contributed by atoms with van der Waals surface area (Å²) in [6.45, 7) is 0. The van der Waals surface area contributed by atoms with Crippen molar-refractivity contribution in [3.05, 3.63) is 34.3 Å². The molecule has 70 valence electrons. The van der Waals surface area contributed by atoms with Gasteiger partial charge in [-0.1, -0.05) is 34.5 Å². The van der Waals surface area contributed by atoms with Crippen molar-refractivity contribution in [1.29, 1.82) is 0 Å². The van der Waals surface area contributed by atoms with Crippen LogP contribution in [0.4, 0.5) is 0 Å². The lowest BCUT2D eigenvalue weighted by molar-refractivity contribution is 0.613. The predicted octanol–water partition coefficient (Wildman–Crippen LogP) is 3.04. The van der Waals surface area contributed by atoms with Gasteiger partial charge in [0.2, 0.25) is 0 Å². The topological polar surface area (TPSA) is 26.0 Å². The quantitative estimate of drug-likeness (QED) is 0.802. The Morgan fingerprint density at radius 2 is 1.85 bits per heavy atom. The van der Waals surface area contributed by atoms with Crippen molar-refractivity contribution in [2.24, 2.45) is 5.73 Å². The van der Waals surface area contributed by atoms with Crippen LogP contribution in [0.15, 0.2) is 28.7 Å². The van der Waals surface area contributed by atoms with Gasteiger partial charge in [0.25, 0.3) is 0 Å². The molecule has 0 unspecified atom stereocenters. The second-order valence-corrected chi connectivity index (χ2v) is 4.67. The molecule has 0 aromatic heterocycles. The summed E-state index contributed by atoms with van der Waals surface area (Å²) in [4.78, 5) is 0. The molecule has 1 aliphatic rings. The van der Waals surface area contributed by atoms with Crippen LogP contribution in [0.5, 0.6) is 0 Å². The molecule has 0 bridgehead atoms. The molecule has 0 spiro atoms. The molecule has 0 saturated heterocycles. The van der Waals surface area contributed by atoms with Gasteiger partial charge in [-0.2, -0.15) is 0 Å². The van der Waals surface area contributed by atoms with Crippen molar-refractivity contribution in [1.82, 2.24) is 0 Å². The van der Waals surface area contributed by atoms with Crippen LogP contribution in [0.25, 0.3) is 0 Å². The minimum Gasteiger partial charge on any atom is -0.327 e. The van der Waals surface area contributed by atoms with Crippen molar-refractivity contribution in [3.63, 3.8) is 0 Å². The van der Waals surface area contributed by atoms with Gasteiger partial charge in [0, 0.05) is 10.5 Å². The molecule has 2 atom stereocenters. The molecule has 1 saturated carbocycles. The molecule has 0 amide bonds. The third-order valence-corrected chi connectivity index (χ3v) is 3.40. The van der Waals surface area contributed by atoms with E-state index < -0.39 is 0 Å². The van der Waals surface area contributed by atoms with Crippen LogP contribution in [0.2, 0.25) is 0 Å². The maximum Gasteiger partial charge on any atom is 0.0175 e. The van der Waals surface area contributed by atoms with E-state index in [1.807, 2.05) is 0 Å². The normalized spacial score (nSPS) is 27.8. The minimum absolute atomic E-state index is 0.376. The first-order valence-corrected chi connectivity index (χ1v) is 5.58. The fourth-order valence-corrected chi connectivity index (χ4v) is 2.38. The number of nitrogens with two attached hydrogens (primary N) is 1. The number of halogens is 1.